The molecule has 27 heavy (non-hydrogen) atoms. The largest absolute Gasteiger partial charge is 0.365 e. The van der Waals surface area contributed by atoms with E-state index in [0.717, 1.165) is 13.0 Å². The van der Waals surface area contributed by atoms with Gasteiger partial charge in [-0.3, -0.25) is 0 Å². The summed E-state index contributed by atoms with van der Waals surface area (Å²) in [4.78, 5) is 0. The maximum Gasteiger partial charge on any atom is 0.298 e. The van der Waals surface area contributed by atoms with Gasteiger partial charge in [-0.2, -0.15) is 0 Å². The lowest BCUT2D eigenvalue weighted by atomic mass is 9.78. The first kappa shape index (κ1) is 24.3. The molecule has 2 atom stereocenters. The molecule has 0 aliphatic rings. The number of nitrogens with one attached hydrogen (secondary N) is 1. The van der Waals surface area contributed by atoms with E-state index in [9.17, 15) is 8.60 Å². The van der Waals surface area contributed by atoms with E-state index >= 15 is 8.78 Å². The van der Waals surface area contributed by atoms with Gasteiger partial charge in [0, 0.05) is 10.0 Å². The highest BCUT2D eigenvalue weighted by molar-refractivity contribution is 9.10. The SMILES string of the molecule is C=CCOC(C)(C)C(F)(F)[C@](C)(NS(=O)C(C)(C)C)c1cc(Br)ccc1F. The van der Waals surface area contributed by atoms with Crippen molar-refractivity contribution in [2.45, 2.75) is 63.4 Å². The van der Waals surface area contributed by atoms with Crippen LogP contribution in [-0.2, 0) is 21.3 Å². The molecular weight excluding hydrogens is 443 g/mol. The van der Waals surface area contributed by atoms with Gasteiger partial charge in [-0.05, 0) is 59.7 Å². The molecule has 3 nitrogen and oxygen atoms in total. The average Bonchev–Trinajstić information content (AvgIpc) is 2.53. The first-order valence-electron chi connectivity index (χ1n) is 8.38. The molecule has 0 saturated carbocycles. The monoisotopic (exact) mass is 469 g/mol. The zero-order valence-electron chi connectivity index (χ0n) is 16.5. The lowest BCUT2D eigenvalue weighted by molar-refractivity contribution is -0.224. The average molecular weight is 470 g/mol. The number of halogens is 4. The molecule has 0 aliphatic heterocycles. The second-order valence-corrected chi connectivity index (χ2v) is 10.8. The summed E-state index contributed by atoms with van der Waals surface area (Å²) in [5.74, 6) is -4.48. The van der Waals surface area contributed by atoms with Crippen LogP contribution in [0, 0.1) is 5.82 Å². The van der Waals surface area contributed by atoms with Crippen LogP contribution in [0.3, 0.4) is 0 Å². The minimum absolute atomic E-state index is 0.109. The molecule has 0 radical (unpaired) electrons. The fraction of sp³-hybridized carbons (Fsp3) is 0.579. The van der Waals surface area contributed by atoms with E-state index < -0.39 is 38.6 Å². The quantitative estimate of drug-likeness (QED) is 0.512. The van der Waals surface area contributed by atoms with Crippen molar-refractivity contribution in [1.29, 1.82) is 0 Å². The van der Waals surface area contributed by atoms with Crippen LogP contribution >= 0.6 is 15.9 Å². The minimum Gasteiger partial charge on any atom is -0.365 e. The van der Waals surface area contributed by atoms with Crippen LogP contribution in [0.4, 0.5) is 13.2 Å². The van der Waals surface area contributed by atoms with Gasteiger partial charge >= 0.3 is 0 Å². The van der Waals surface area contributed by atoms with Crippen molar-refractivity contribution in [3.8, 4) is 0 Å². The van der Waals surface area contributed by atoms with Crippen molar-refractivity contribution in [3.63, 3.8) is 0 Å². The third-order valence-electron chi connectivity index (χ3n) is 4.27. The fourth-order valence-corrected chi connectivity index (χ4v) is 3.74. The first-order chi connectivity index (χ1) is 12.1. The highest BCUT2D eigenvalue weighted by atomic mass is 79.9. The highest BCUT2D eigenvalue weighted by Crippen LogP contribution is 2.48. The Balaban J connectivity index is 3.65. The summed E-state index contributed by atoms with van der Waals surface area (Å²) in [6, 6.07) is 3.77. The molecule has 0 bridgehead atoms. The van der Waals surface area contributed by atoms with E-state index in [4.69, 9.17) is 4.74 Å². The van der Waals surface area contributed by atoms with E-state index in [1.165, 1.54) is 32.1 Å². The third kappa shape index (κ3) is 5.02. The van der Waals surface area contributed by atoms with Crippen molar-refractivity contribution in [2.75, 3.05) is 6.61 Å². The molecule has 0 heterocycles. The number of benzene rings is 1. The summed E-state index contributed by atoms with van der Waals surface area (Å²) < 4.78 is 66.3. The molecule has 0 fully saturated rings. The highest BCUT2D eigenvalue weighted by Gasteiger charge is 2.63. The van der Waals surface area contributed by atoms with Gasteiger partial charge in [0.1, 0.15) is 17.0 Å². The molecule has 0 saturated heterocycles. The molecule has 1 aromatic carbocycles. The summed E-state index contributed by atoms with van der Waals surface area (Å²) >= 11 is 3.19. The molecule has 1 N–H and O–H groups in total. The van der Waals surface area contributed by atoms with Gasteiger partial charge in [-0.1, -0.05) is 22.0 Å². The maximum absolute atomic E-state index is 15.8. The predicted molar refractivity (Wildman–Crippen MR) is 108 cm³/mol. The summed E-state index contributed by atoms with van der Waals surface area (Å²) in [5.41, 5.74) is -4.63. The van der Waals surface area contributed by atoms with Crippen molar-refractivity contribution in [2.24, 2.45) is 0 Å². The minimum atomic E-state index is -3.65. The standard InChI is InChI=1S/C19H27BrF3NO2S/c1-8-11-26-17(5,6)19(22,23)18(7,24-27(25)16(2,3)4)14-12-13(20)9-10-15(14)21/h8-10,12,24H,1,11H2,2-7H3/t18-,27?/m1/s1. The summed E-state index contributed by atoms with van der Waals surface area (Å²) in [6.07, 6.45) is 1.36. The van der Waals surface area contributed by atoms with E-state index in [1.807, 2.05) is 0 Å². The van der Waals surface area contributed by atoms with Crippen molar-refractivity contribution in [1.82, 2.24) is 4.72 Å². The van der Waals surface area contributed by atoms with Gasteiger partial charge in [0.2, 0.25) is 0 Å². The second kappa shape index (κ2) is 8.35. The molecule has 0 amide bonds. The van der Waals surface area contributed by atoms with Crippen LogP contribution in [0.5, 0.6) is 0 Å². The smallest absolute Gasteiger partial charge is 0.298 e. The van der Waals surface area contributed by atoms with E-state index in [1.54, 1.807) is 20.8 Å². The Morgan fingerprint density at radius 3 is 2.26 bits per heavy atom. The second-order valence-electron chi connectivity index (χ2n) is 7.92. The molecule has 1 unspecified atom stereocenters. The molecule has 1 aromatic rings. The molecule has 8 heteroatoms. The Hall–Kier alpha value is -0.700. The number of ether oxygens (including phenoxy) is 1. The lowest BCUT2D eigenvalue weighted by Crippen LogP contribution is -2.65. The Bertz CT molecular complexity index is 719. The zero-order chi connectivity index (χ0) is 21.3. The number of rotatable bonds is 8. The topological polar surface area (TPSA) is 38.3 Å². The van der Waals surface area contributed by atoms with Crippen LogP contribution < -0.4 is 4.72 Å². The molecule has 154 valence electrons. The van der Waals surface area contributed by atoms with Crippen LogP contribution in [0.15, 0.2) is 35.3 Å². The van der Waals surface area contributed by atoms with Gasteiger partial charge in [-0.15, -0.1) is 6.58 Å². The lowest BCUT2D eigenvalue weighted by Gasteiger charge is -2.46. The van der Waals surface area contributed by atoms with Crippen LogP contribution in [-0.4, -0.2) is 27.1 Å². The molecule has 0 spiro atoms. The van der Waals surface area contributed by atoms with Crippen molar-refractivity contribution < 1.29 is 22.1 Å². The summed E-state index contributed by atoms with van der Waals surface area (Å²) in [7, 11) is -1.90. The maximum atomic E-state index is 15.8. The summed E-state index contributed by atoms with van der Waals surface area (Å²) in [6.45, 7) is 11.9. The number of alkyl halides is 2. The predicted octanol–water partition coefficient (Wildman–Crippen LogP) is 5.47. The van der Waals surface area contributed by atoms with Gasteiger partial charge < -0.3 is 4.74 Å². The number of hydrogen-bond acceptors (Lipinski definition) is 2. The van der Waals surface area contributed by atoms with Crippen LogP contribution in [0.25, 0.3) is 0 Å². The van der Waals surface area contributed by atoms with Gasteiger partial charge in [-0.25, -0.2) is 22.1 Å². The van der Waals surface area contributed by atoms with Crippen molar-refractivity contribution in [3.05, 3.63) is 46.7 Å². The van der Waals surface area contributed by atoms with E-state index in [0.29, 0.717) is 4.47 Å². The Labute approximate surface area is 170 Å². The summed E-state index contributed by atoms with van der Waals surface area (Å²) in [5, 5.41) is 0. The molecule has 0 aromatic heterocycles. The van der Waals surface area contributed by atoms with Gasteiger partial charge in [0.15, 0.2) is 0 Å². The molecule has 0 aliphatic carbocycles. The third-order valence-corrected chi connectivity index (χ3v) is 6.47. The fourth-order valence-electron chi connectivity index (χ4n) is 2.47. The normalized spacial score (nSPS) is 16.7. The Morgan fingerprint density at radius 1 is 1.22 bits per heavy atom. The van der Waals surface area contributed by atoms with Gasteiger partial charge in [0.05, 0.1) is 22.3 Å². The first-order valence-corrected chi connectivity index (χ1v) is 10.3. The molecule has 1 rings (SSSR count). The van der Waals surface area contributed by atoms with Crippen LogP contribution in [0.1, 0.15) is 47.1 Å². The van der Waals surface area contributed by atoms with Gasteiger partial charge in [0.25, 0.3) is 5.92 Å². The Kier molecular flexibility index (Phi) is 7.53. The van der Waals surface area contributed by atoms with Crippen molar-refractivity contribution >= 4 is 26.9 Å². The van der Waals surface area contributed by atoms with E-state index in [2.05, 4.69) is 27.2 Å². The van der Waals surface area contributed by atoms with Crippen LogP contribution in [0.2, 0.25) is 0 Å². The number of hydrogen-bond donors (Lipinski definition) is 1. The van der Waals surface area contributed by atoms with E-state index in [-0.39, 0.29) is 12.2 Å². The Morgan fingerprint density at radius 2 is 1.78 bits per heavy atom. The molecular formula is C19H27BrF3NO2S. The zero-order valence-corrected chi connectivity index (χ0v) is 18.9.